The zero-order valence-corrected chi connectivity index (χ0v) is 11.7. The van der Waals surface area contributed by atoms with Crippen LogP contribution in [0.3, 0.4) is 0 Å². The van der Waals surface area contributed by atoms with Crippen LogP contribution in [0.4, 0.5) is 5.82 Å². The molecule has 21 heavy (non-hydrogen) atoms. The first-order chi connectivity index (χ1) is 10.1. The second kappa shape index (κ2) is 6.96. The molecular weight excluding hydrogens is 280 g/mol. The van der Waals surface area contributed by atoms with Crippen LogP contribution in [0, 0.1) is 0 Å². The Labute approximate surface area is 121 Å². The van der Waals surface area contributed by atoms with Crippen molar-refractivity contribution in [2.45, 2.75) is 37.9 Å². The molecule has 1 aromatic rings. The standard InChI is InChI=1S/C12H20N4O5/c1-2-4-14-21-10-7(6-17)20-11(9(10)18)16-5-3-8(13)15-12(16)19/h3,5,7,9-11,14,17-18H,2,4,6H2,1H3,(H2,13,15,19)/t7-,9?,10?,11-/m1/s1. The van der Waals surface area contributed by atoms with Gasteiger partial charge in [0.2, 0.25) is 0 Å². The third kappa shape index (κ3) is 3.39. The van der Waals surface area contributed by atoms with Crippen molar-refractivity contribution in [3.63, 3.8) is 0 Å². The number of nitrogens with zero attached hydrogens (tertiary/aromatic N) is 2. The highest BCUT2D eigenvalue weighted by Crippen LogP contribution is 2.29. The van der Waals surface area contributed by atoms with Gasteiger partial charge in [0, 0.05) is 12.7 Å². The number of hydroxylamine groups is 1. The van der Waals surface area contributed by atoms with Crippen LogP contribution in [-0.4, -0.2) is 51.2 Å². The lowest BCUT2D eigenvalue weighted by Gasteiger charge is -2.19. The van der Waals surface area contributed by atoms with Gasteiger partial charge in [-0.05, 0) is 12.5 Å². The van der Waals surface area contributed by atoms with E-state index in [9.17, 15) is 15.0 Å². The summed E-state index contributed by atoms with van der Waals surface area (Å²) < 4.78 is 6.61. The Kier molecular flexibility index (Phi) is 5.26. The quantitative estimate of drug-likeness (QED) is 0.364. The van der Waals surface area contributed by atoms with Gasteiger partial charge in [-0.25, -0.2) is 10.3 Å². The van der Waals surface area contributed by atoms with Crippen molar-refractivity contribution in [1.29, 1.82) is 0 Å². The summed E-state index contributed by atoms with van der Waals surface area (Å²) in [5.74, 6) is 0.0832. The molecule has 0 spiro atoms. The molecule has 1 aliphatic rings. The number of hydrogen-bond donors (Lipinski definition) is 4. The van der Waals surface area contributed by atoms with Crippen molar-refractivity contribution in [1.82, 2.24) is 15.0 Å². The minimum Gasteiger partial charge on any atom is -0.394 e. The summed E-state index contributed by atoms with van der Waals surface area (Å²) in [6, 6.07) is 1.43. The Morgan fingerprint density at radius 3 is 3.00 bits per heavy atom. The molecule has 1 aromatic heterocycles. The predicted molar refractivity (Wildman–Crippen MR) is 73.1 cm³/mol. The molecule has 1 fully saturated rings. The molecule has 0 radical (unpaired) electrons. The first-order valence-electron chi connectivity index (χ1n) is 6.76. The fraction of sp³-hybridized carbons (Fsp3) is 0.667. The normalized spacial score (nSPS) is 28.9. The van der Waals surface area contributed by atoms with E-state index in [4.69, 9.17) is 15.3 Å². The molecule has 118 valence electrons. The summed E-state index contributed by atoms with van der Waals surface area (Å²) in [5, 5.41) is 19.6. The predicted octanol–water partition coefficient (Wildman–Crippen LogP) is -1.62. The number of hydrogen-bond acceptors (Lipinski definition) is 8. The van der Waals surface area contributed by atoms with Crippen molar-refractivity contribution in [2.75, 3.05) is 18.9 Å². The molecule has 0 aliphatic carbocycles. The maximum Gasteiger partial charge on any atom is 0.351 e. The van der Waals surface area contributed by atoms with E-state index in [1.807, 2.05) is 6.92 Å². The molecular formula is C12H20N4O5. The molecule has 2 rings (SSSR count). The van der Waals surface area contributed by atoms with Crippen LogP contribution >= 0.6 is 0 Å². The van der Waals surface area contributed by atoms with Gasteiger partial charge >= 0.3 is 5.69 Å². The Balaban J connectivity index is 2.16. The van der Waals surface area contributed by atoms with Crippen molar-refractivity contribution >= 4 is 5.82 Å². The number of anilines is 1. The molecule has 2 heterocycles. The second-order valence-electron chi connectivity index (χ2n) is 4.76. The smallest absolute Gasteiger partial charge is 0.351 e. The lowest BCUT2D eigenvalue weighted by molar-refractivity contribution is -0.0980. The highest BCUT2D eigenvalue weighted by atomic mass is 16.7. The average molecular weight is 300 g/mol. The Morgan fingerprint density at radius 2 is 2.38 bits per heavy atom. The molecule has 9 nitrogen and oxygen atoms in total. The number of aromatic nitrogens is 2. The second-order valence-corrected chi connectivity index (χ2v) is 4.76. The lowest BCUT2D eigenvalue weighted by atomic mass is 10.1. The van der Waals surface area contributed by atoms with Gasteiger partial charge in [0.15, 0.2) is 6.23 Å². The monoisotopic (exact) mass is 300 g/mol. The van der Waals surface area contributed by atoms with Crippen LogP contribution in [0.25, 0.3) is 0 Å². The summed E-state index contributed by atoms with van der Waals surface area (Å²) in [4.78, 5) is 20.7. The van der Waals surface area contributed by atoms with Gasteiger partial charge in [0.1, 0.15) is 24.1 Å². The summed E-state index contributed by atoms with van der Waals surface area (Å²) in [6.07, 6.45) is -1.44. The lowest BCUT2D eigenvalue weighted by Crippen LogP contribution is -2.41. The van der Waals surface area contributed by atoms with E-state index < -0.39 is 30.2 Å². The number of aliphatic hydroxyl groups excluding tert-OH is 2. The summed E-state index contributed by atoms with van der Waals surface area (Å²) >= 11 is 0. The molecule has 0 bridgehead atoms. The van der Waals surface area contributed by atoms with Crippen molar-refractivity contribution in [3.8, 4) is 0 Å². The molecule has 0 saturated carbocycles. The third-order valence-electron chi connectivity index (χ3n) is 3.19. The van der Waals surface area contributed by atoms with Gasteiger partial charge in [0.05, 0.1) is 6.61 Å². The zero-order valence-electron chi connectivity index (χ0n) is 11.7. The van der Waals surface area contributed by atoms with Crippen LogP contribution in [0.2, 0.25) is 0 Å². The Morgan fingerprint density at radius 1 is 1.62 bits per heavy atom. The van der Waals surface area contributed by atoms with E-state index in [1.165, 1.54) is 12.3 Å². The van der Waals surface area contributed by atoms with Crippen molar-refractivity contribution < 1.29 is 19.8 Å². The van der Waals surface area contributed by atoms with Gasteiger partial charge in [-0.15, -0.1) is 0 Å². The molecule has 2 unspecified atom stereocenters. The van der Waals surface area contributed by atoms with Crippen LogP contribution in [-0.2, 0) is 9.57 Å². The maximum absolute atomic E-state index is 11.8. The van der Waals surface area contributed by atoms with Crippen LogP contribution in [0.15, 0.2) is 17.1 Å². The van der Waals surface area contributed by atoms with E-state index in [2.05, 4.69) is 10.5 Å². The minimum absolute atomic E-state index is 0.0832. The fourth-order valence-electron chi connectivity index (χ4n) is 2.12. The van der Waals surface area contributed by atoms with E-state index in [0.29, 0.717) is 6.54 Å². The summed E-state index contributed by atoms with van der Waals surface area (Å²) in [7, 11) is 0. The molecule has 4 atom stereocenters. The van der Waals surface area contributed by atoms with E-state index in [0.717, 1.165) is 11.0 Å². The van der Waals surface area contributed by atoms with Crippen molar-refractivity contribution in [2.24, 2.45) is 0 Å². The molecule has 0 aromatic carbocycles. The average Bonchev–Trinajstić information content (AvgIpc) is 2.76. The Hall–Kier alpha value is -1.52. The van der Waals surface area contributed by atoms with Crippen molar-refractivity contribution in [3.05, 3.63) is 22.7 Å². The Bertz CT molecular complexity index is 523. The fourth-order valence-corrected chi connectivity index (χ4v) is 2.12. The summed E-state index contributed by atoms with van der Waals surface area (Å²) in [6.45, 7) is 2.21. The van der Waals surface area contributed by atoms with Gasteiger partial charge in [-0.1, -0.05) is 6.92 Å². The van der Waals surface area contributed by atoms with E-state index in [-0.39, 0.29) is 12.4 Å². The number of nitrogen functional groups attached to an aromatic ring is 1. The number of nitrogens with two attached hydrogens (primary N) is 1. The largest absolute Gasteiger partial charge is 0.394 e. The highest BCUT2D eigenvalue weighted by Gasteiger charge is 2.46. The maximum atomic E-state index is 11.8. The van der Waals surface area contributed by atoms with Crippen LogP contribution in [0.5, 0.6) is 0 Å². The molecule has 0 amide bonds. The van der Waals surface area contributed by atoms with Crippen LogP contribution in [0.1, 0.15) is 19.6 Å². The van der Waals surface area contributed by atoms with Gasteiger partial charge < -0.3 is 20.7 Å². The third-order valence-corrected chi connectivity index (χ3v) is 3.19. The van der Waals surface area contributed by atoms with Gasteiger partial charge in [0.25, 0.3) is 0 Å². The highest BCUT2D eigenvalue weighted by molar-refractivity contribution is 5.23. The van der Waals surface area contributed by atoms with Gasteiger partial charge in [-0.3, -0.25) is 9.40 Å². The van der Waals surface area contributed by atoms with Gasteiger partial charge in [-0.2, -0.15) is 4.98 Å². The molecule has 5 N–H and O–H groups in total. The number of rotatable bonds is 6. The molecule has 9 heteroatoms. The molecule has 1 aliphatic heterocycles. The van der Waals surface area contributed by atoms with E-state index >= 15 is 0 Å². The summed E-state index contributed by atoms with van der Waals surface area (Å²) in [5.41, 5.74) is 7.47. The number of nitrogens with one attached hydrogen (secondary N) is 1. The topological polar surface area (TPSA) is 132 Å². The first kappa shape index (κ1) is 15.9. The SMILES string of the molecule is CCCNOC1C(O)[C@H](n2ccc(N)nc2=O)O[C@@H]1CO. The zero-order chi connectivity index (χ0) is 15.4. The van der Waals surface area contributed by atoms with Crippen LogP contribution < -0.4 is 16.9 Å². The number of ether oxygens (including phenoxy) is 1. The minimum atomic E-state index is -1.13. The van der Waals surface area contributed by atoms with E-state index in [1.54, 1.807) is 0 Å². The number of aliphatic hydroxyl groups is 2. The first-order valence-corrected chi connectivity index (χ1v) is 6.76. The molecule has 1 saturated heterocycles.